The molecule has 3 unspecified atom stereocenters. The zero-order valence-corrected chi connectivity index (χ0v) is 12.7. The van der Waals surface area contributed by atoms with E-state index in [0.29, 0.717) is 0 Å². The van der Waals surface area contributed by atoms with Crippen LogP contribution in [0.4, 0.5) is 0 Å². The van der Waals surface area contributed by atoms with Gasteiger partial charge in [0.2, 0.25) is 0 Å². The summed E-state index contributed by atoms with van der Waals surface area (Å²) in [4.78, 5) is 2.42. The lowest BCUT2D eigenvalue weighted by atomic mass is 9.91. The van der Waals surface area contributed by atoms with Crippen LogP contribution >= 0.6 is 0 Å². The minimum Gasteiger partial charge on any atom is -0.387 e. The minimum absolute atomic E-state index is 0.364. The summed E-state index contributed by atoms with van der Waals surface area (Å²) in [6, 6.07) is 6.29. The number of likely N-dealkylation sites (tertiary alicyclic amines) is 1. The van der Waals surface area contributed by atoms with E-state index in [1.807, 2.05) is 0 Å². The molecule has 1 aromatic rings. The molecule has 19 heavy (non-hydrogen) atoms. The summed E-state index contributed by atoms with van der Waals surface area (Å²) in [5.74, 6) is 1.49. The van der Waals surface area contributed by atoms with Gasteiger partial charge in [0.15, 0.2) is 0 Å². The summed E-state index contributed by atoms with van der Waals surface area (Å²) < 4.78 is 0. The normalized spacial score (nSPS) is 26.4. The Kier molecular flexibility index (Phi) is 4.64. The molecule has 0 aliphatic carbocycles. The second kappa shape index (κ2) is 6.06. The van der Waals surface area contributed by atoms with Crippen molar-refractivity contribution in [2.75, 3.05) is 19.6 Å². The first-order chi connectivity index (χ1) is 8.95. The maximum atomic E-state index is 10.4. The Hall–Kier alpha value is -0.860. The maximum absolute atomic E-state index is 10.4. The molecule has 1 N–H and O–H groups in total. The Morgan fingerprint density at radius 1 is 1.16 bits per heavy atom. The average molecular weight is 261 g/mol. The Morgan fingerprint density at radius 2 is 1.79 bits per heavy atom. The Balaban J connectivity index is 2.00. The van der Waals surface area contributed by atoms with Gasteiger partial charge in [0.05, 0.1) is 6.10 Å². The van der Waals surface area contributed by atoms with Crippen molar-refractivity contribution in [3.05, 3.63) is 34.9 Å². The highest BCUT2D eigenvalue weighted by Crippen LogP contribution is 2.24. The molecule has 1 aromatic carbocycles. The molecule has 106 valence electrons. The number of benzene rings is 1. The van der Waals surface area contributed by atoms with Crippen molar-refractivity contribution in [1.82, 2.24) is 4.90 Å². The number of aliphatic hydroxyl groups is 1. The van der Waals surface area contributed by atoms with Gasteiger partial charge >= 0.3 is 0 Å². The molecule has 1 aliphatic heterocycles. The number of nitrogens with zero attached hydrogens (tertiary/aromatic N) is 1. The van der Waals surface area contributed by atoms with Gasteiger partial charge in [-0.25, -0.2) is 0 Å². The molecule has 0 amide bonds. The predicted octanol–water partition coefficient (Wildman–Crippen LogP) is 3.31. The highest BCUT2D eigenvalue weighted by atomic mass is 16.3. The summed E-state index contributed by atoms with van der Waals surface area (Å²) in [6.45, 7) is 11.8. The van der Waals surface area contributed by atoms with Crippen molar-refractivity contribution < 1.29 is 5.11 Å². The molecule has 1 saturated heterocycles. The molecule has 1 heterocycles. The zero-order valence-electron chi connectivity index (χ0n) is 12.7. The third kappa shape index (κ3) is 3.80. The fourth-order valence-electron chi connectivity index (χ4n) is 3.26. The Morgan fingerprint density at radius 3 is 2.37 bits per heavy atom. The first-order valence-corrected chi connectivity index (χ1v) is 7.43. The highest BCUT2D eigenvalue weighted by Gasteiger charge is 2.23. The second-order valence-electron chi connectivity index (χ2n) is 6.52. The van der Waals surface area contributed by atoms with Crippen LogP contribution in [0.5, 0.6) is 0 Å². The number of β-amino-alcohol motifs (C(OH)–C–C–N with tert-alkyl or cyclic N) is 1. The molecule has 0 aromatic heterocycles. The molecule has 2 heteroatoms. The molecular formula is C17H27NO. The molecule has 1 fully saturated rings. The number of aryl methyl sites for hydroxylation is 2. The molecule has 0 spiro atoms. The Bertz CT molecular complexity index is 419. The van der Waals surface area contributed by atoms with Crippen LogP contribution in [0.3, 0.4) is 0 Å². The second-order valence-corrected chi connectivity index (χ2v) is 6.52. The fraction of sp³-hybridized carbons (Fsp3) is 0.647. The molecule has 2 rings (SSSR count). The Labute approximate surface area is 117 Å². The van der Waals surface area contributed by atoms with Gasteiger partial charge < -0.3 is 5.11 Å². The van der Waals surface area contributed by atoms with Crippen LogP contribution in [0.15, 0.2) is 18.2 Å². The van der Waals surface area contributed by atoms with Gasteiger partial charge in [-0.1, -0.05) is 32.0 Å². The maximum Gasteiger partial charge on any atom is 0.0917 e. The van der Waals surface area contributed by atoms with E-state index in [-0.39, 0.29) is 6.10 Å². The first-order valence-electron chi connectivity index (χ1n) is 7.43. The number of rotatable bonds is 3. The third-order valence-corrected chi connectivity index (χ3v) is 4.29. The molecule has 3 atom stereocenters. The van der Waals surface area contributed by atoms with Crippen LogP contribution in [0.1, 0.15) is 43.1 Å². The van der Waals surface area contributed by atoms with E-state index < -0.39 is 0 Å². The van der Waals surface area contributed by atoms with Crippen molar-refractivity contribution >= 4 is 0 Å². The summed E-state index contributed by atoms with van der Waals surface area (Å²) in [6.07, 6.45) is 0.952. The van der Waals surface area contributed by atoms with E-state index in [1.165, 1.54) is 17.5 Å². The summed E-state index contributed by atoms with van der Waals surface area (Å²) in [5.41, 5.74) is 3.60. The third-order valence-electron chi connectivity index (χ3n) is 4.29. The fourth-order valence-corrected chi connectivity index (χ4v) is 3.26. The van der Waals surface area contributed by atoms with Gasteiger partial charge in [0.25, 0.3) is 0 Å². The number of aliphatic hydroxyl groups excluding tert-OH is 1. The molecule has 1 aliphatic rings. The molecule has 2 nitrogen and oxygen atoms in total. The lowest BCUT2D eigenvalue weighted by Gasteiger charge is -2.36. The van der Waals surface area contributed by atoms with Gasteiger partial charge in [-0.15, -0.1) is 0 Å². The lowest BCUT2D eigenvalue weighted by Crippen LogP contribution is -2.40. The van der Waals surface area contributed by atoms with E-state index >= 15 is 0 Å². The quantitative estimate of drug-likeness (QED) is 0.902. The molecule has 0 radical (unpaired) electrons. The monoisotopic (exact) mass is 261 g/mol. The van der Waals surface area contributed by atoms with Crippen molar-refractivity contribution in [2.45, 2.75) is 40.2 Å². The predicted molar refractivity (Wildman–Crippen MR) is 80.3 cm³/mol. The summed E-state index contributed by atoms with van der Waals surface area (Å²) in [5, 5.41) is 10.4. The van der Waals surface area contributed by atoms with Gasteiger partial charge in [-0.05, 0) is 48.8 Å². The van der Waals surface area contributed by atoms with E-state index in [9.17, 15) is 5.11 Å². The van der Waals surface area contributed by atoms with Gasteiger partial charge in [-0.2, -0.15) is 0 Å². The lowest BCUT2D eigenvalue weighted by molar-refractivity contribution is 0.0699. The summed E-state index contributed by atoms with van der Waals surface area (Å²) in [7, 11) is 0. The van der Waals surface area contributed by atoms with Crippen LogP contribution in [-0.4, -0.2) is 29.6 Å². The van der Waals surface area contributed by atoms with Crippen molar-refractivity contribution in [3.63, 3.8) is 0 Å². The van der Waals surface area contributed by atoms with Crippen LogP contribution in [-0.2, 0) is 0 Å². The van der Waals surface area contributed by atoms with E-state index in [4.69, 9.17) is 0 Å². The van der Waals surface area contributed by atoms with E-state index in [2.05, 4.69) is 50.8 Å². The van der Waals surface area contributed by atoms with Crippen molar-refractivity contribution in [1.29, 1.82) is 0 Å². The van der Waals surface area contributed by atoms with Gasteiger partial charge in [0, 0.05) is 19.6 Å². The largest absolute Gasteiger partial charge is 0.387 e. The average Bonchev–Trinajstić information content (AvgIpc) is 2.31. The van der Waals surface area contributed by atoms with Crippen LogP contribution in [0, 0.1) is 25.7 Å². The minimum atomic E-state index is -0.364. The van der Waals surface area contributed by atoms with Crippen molar-refractivity contribution in [3.8, 4) is 0 Å². The molecule has 0 saturated carbocycles. The van der Waals surface area contributed by atoms with Crippen LogP contribution in [0.25, 0.3) is 0 Å². The topological polar surface area (TPSA) is 23.5 Å². The highest BCUT2D eigenvalue weighted by molar-refractivity contribution is 5.31. The first kappa shape index (κ1) is 14.5. The summed E-state index contributed by atoms with van der Waals surface area (Å²) >= 11 is 0. The van der Waals surface area contributed by atoms with Crippen LogP contribution < -0.4 is 0 Å². The zero-order chi connectivity index (χ0) is 14.0. The van der Waals surface area contributed by atoms with E-state index in [0.717, 1.165) is 37.0 Å². The SMILES string of the molecule is Cc1ccc(C(O)CN2CC(C)CC(C)C2)cc1C. The smallest absolute Gasteiger partial charge is 0.0917 e. The molecular weight excluding hydrogens is 234 g/mol. The van der Waals surface area contributed by atoms with Gasteiger partial charge in [0.1, 0.15) is 0 Å². The number of hydrogen-bond acceptors (Lipinski definition) is 2. The van der Waals surface area contributed by atoms with Gasteiger partial charge in [-0.3, -0.25) is 4.90 Å². The van der Waals surface area contributed by atoms with Crippen molar-refractivity contribution in [2.24, 2.45) is 11.8 Å². The molecule has 0 bridgehead atoms. The standard InChI is InChI=1S/C17H27NO/c1-12-7-13(2)10-18(9-12)11-17(19)16-6-5-14(3)15(4)8-16/h5-6,8,12-13,17,19H,7,9-11H2,1-4H3. The number of piperidine rings is 1. The van der Waals surface area contributed by atoms with E-state index in [1.54, 1.807) is 0 Å². The van der Waals surface area contributed by atoms with Crippen LogP contribution in [0.2, 0.25) is 0 Å². The number of hydrogen-bond donors (Lipinski definition) is 1.